The summed E-state index contributed by atoms with van der Waals surface area (Å²) in [6, 6.07) is 7.71. The Kier molecular flexibility index (Phi) is 4.52. The second-order valence-corrected chi connectivity index (χ2v) is 9.24. The lowest BCUT2D eigenvalue weighted by Crippen LogP contribution is -2.46. The van der Waals surface area contributed by atoms with Gasteiger partial charge in [0.2, 0.25) is 5.91 Å². The van der Waals surface area contributed by atoms with Gasteiger partial charge in [-0.1, -0.05) is 29.8 Å². The van der Waals surface area contributed by atoms with Crippen LogP contribution in [0, 0.1) is 6.92 Å². The van der Waals surface area contributed by atoms with Crippen molar-refractivity contribution in [2.24, 2.45) is 0 Å². The number of hydrogen-bond acceptors (Lipinski definition) is 6. The lowest BCUT2D eigenvalue weighted by molar-refractivity contribution is -0.154. The summed E-state index contributed by atoms with van der Waals surface area (Å²) in [4.78, 5) is 30.7. The number of aryl methyl sites for hydroxylation is 1. The van der Waals surface area contributed by atoms with Gasteiger partial charge in [0.25, 0.3) is 0 Å². The van der Waals surface area contributed by atoms with Crippen molar-refractivity contribution in [1.82, 2.24) is 9.88 Å². The maximum absolute atomic E-state index is 12.5. The van der Waals surface area contributed by atoms with Crippen LogP contribution in [0.1, 0.15) is 31.0 Å². The number of carbonyl (C=O) groups is 2. The lowest BCUT2D eigenvalue weighted by Gasteiger charge is -2.29. The fourth-order valence-corrected chi connectivity index (χ4v) is 5.67. The van der Waals surface area contributed by atoms with Crippen LogP contribution in [0.2, 0.25) is 0 Å². The Morgan fingerprint density at radius 2 is 2.15 bits per heavy atom. The number of ether oxygens (including phenoxy) is 1. The van der Waals surface area contributed by atoms with Crippen molar-refractivity contribution in [1.29, 1.82) is 0 Å². The number of nitrogens with zero attached hydrogens (tertiary/aromatic N) is 2. The van der Waals surface area contributed by atoms with E-state index in [4.69, 9.17) is 4.74 Å². The molecule has 2 atom stereocenters. The number of thioether (sulfide) groups is 1. The van der Waals surface area contributed by atoms with E-state index >= 15 is 0 Å². The molecule has 4 rings (SSSR count). The van der Waals surface area contributed by atoms with E-state index in [1.807, 2.05) is 31.4 Å². The van der Waals surface area contributed by atoms with Crippen molar-refractivity contribution in [3.05, 3.63) is 40.9 Å². The van der Waals surface area contributed by atoms with Gasteiger partial charge < -0.3 is 9.64 Å². The van der Waals surface area contributed by atoms with Crippen LogP contribution in [0.4, 0.5) is 0 Å². The Hall–Kier alpha value is -1.86. The average molecular weight is 389 g/mol. The molecule has 7 heteroatoms. The SMILES string of the molecule is Cc1ccc(-c2nc(COC(=O)[C@H]3CS[C@]4(C)CCC(=O)N34)cs2)cc1. The van der Waals surface area contributed by atoms with Gasteiger partial charge in [-0.2, -0.15) is 0 Å². The number of thiazole rings is 1. The Morgan fingerprint density at radius 3 is 2.92 bits per heavy atom. The highest BCUT2D eigenvalue weighted by Gasteiger charge is 2.53. The minimum absolute atomic E-state index is 0.0507. The minimum atomic E-state index is -0.477. The van der Waals surface area contributed by atoms with Crippen LogP contribution in [-0.2, 0) is 20.9 Å². The van der Waals surface area contributed by atoms with E-state index in [1.54, 1.807) is 16.7 Å². The number of esters is 1. The first-order valence-corrected chi connectivity index (χ1v) is 10.5. The van der Waals surface area contributed by atoms with Gasteiger partial charge in [0.05, 0.1) is 10.6 Å². The molecule has 3 heterocycles. The van der Waals surface area contributed by atoms with E-state index in [0.717, 1.165) is 22.7 Å². The molecule has 0 unspecified atom stereocenters. The van der Waals surface area contributed by atoms with Crippen LogP contribution in [-0.4, -0.2) is 38.4 Å². The summed E-state index contributed by atoms with van der Waals surface area (Å²) in [6.07, 6.45) is 1.31. The van der Waals surface area contributed by atoms with E-state index in [0.29, 0.717) is 12.2 Å². The van der Waals surface area contributed by atoms with Crippen molar-refractivity contribution in [3.63, 3.8) is 0 Å². The molecule has 0 saturated carbocycles. The van der Waals surface area contributed by atoms with Gasteiger partial charge in [-0.15, -0.1) is 23.1 Å². The van der Waals surface area contributed by atoms with Crippen LogP contribution in [0.25, 0.3) is 10.6 Å². The molecule has 2 fully saturated rings. The Balaban J connectivity index is 1.39. The van der Waals surface area contributed by atoms with Crippen molar-refractivity contribution in [2.75, 3.05) is 5.75 Å². The first kappa shape index (κ1) is 17.5. The molecular formula is C19H20N2O3S2. The molecule has 2 aromatic rings. The molecule has 2 aliphatic heterocycles. The van der Waals surface area contributed by atoms with Crippen molar-refractivity contribution < 1.29 is 14.3 Å². The number of amides is 1. The fourth-order valence-electron chi connectivity index (χ4n) is 3.44. The summed E-state index contributed by atoms with van der Waals surface area (Å²) >= 11 is 3.21. The summed E-state index contributed by atoms with van der Waals surface area (Å²) in [6.45, 7) is 4.22. The zero-order chi connectivity index (χ0) is 18.3. The topological polar surface area (TPSA) is 59.5 Å². The zero-order valence-corrected chi connectivity index (χ0v) is 16.4. The first-order chi connectivity index (χ1) is 12.5. The molecule has 1 aromatic carbocycles. The number of hydrogen-bond donors (Lipinski definition) is 0. The second kappa shape index (κ2) is 6.70. The third kappa shape index (κ3) is 3.14. The number of fused-ring (bicyclic) bond motifs is 1. The molecule has 0 radical (unpaired) electrons. The highest BCUT2D eigenvalue weighted by molar-refractivity contribution is 8.01. The number of aromatic nitrogens is 1. The lowest BCUT2D eigenvalue weighted by atomic mass is 10.2. The predicted octanol–water partition coefficient (Wildman–Crippen LogP) is 3.62. The number of carbonyl (C=O) groups excluding carboxylic acids is 2. The molecule has 0 spiro atoms. The van der Waals surface area contributed by atoms with E-state index in [9.17, 15) is 9.59 Å². The van der Waals surface area contributed by atoms with E-state index in [2.05, 4.69) is 17.1 Å². The quantitative estimate of drug-likeness (QED) is 0.749. The maximum Gasteiger partial charge on any atom is 0.330 e. The van der Waals surface area contributed by atoms with Crippen molar-refractivity contribution in [2.45, 2.75) is 44.2 Å². The molecule has 2 aliphatic rings. The van der Waals surface area contributed by atoms with Gasteiger partial charge >= 0.3 is 5.97 Å². The van der Waals surface area contributed by atoms with Crippen LogP contribution in [0.15, 0.2) is 29.6 Å². The van der Waals surface area contributed by atoms with E-state index < -0.39 is 6.04 Å². The largest absolute Gasteiger partial charge is 0.458 e. The highest BCUT2D eigenvalue weighted by Crippen LogP contribution is 2.47. The summed E-state index contributed by atoms with van der Waals surface area (Å²) in [7, 11) is 0. The summed E-state index contributed by atoms with van der Waals surface area (Å²) in [5.74, 6) is 0.323. The number of rotatable bonds is 4. The smallest absolute Gasteiger partial charge is 0.330 e. The Bertz CT molecular complexity index is 849. The minimum Gasteiger partial charge on any atom is -0.458 e. The van der Waals surface area contributed by atoms with Crippen molar-refractivity contribution in [3.8, 4) is 10.6 Å². The molecule has 1 amide bonds. The zero-order valence-electron chi connectivity index (χ0n) is 14.7. The van der Waals surface area contributed by atoms with Crippen LogP contribution in [0.3, 0.4) is 0 Å². The molecule has 5 nitrogen and oxygen atoms in total. The first-order valence-electron chi connectivity index (χ1n) is 8.60. The van der Waals surface area contributed by atoms with Gasteiger partial charge in [-0.05, 0) is 20.3 Å². The second-order valence-electron chi connectivity index (χ2n) is 6.88. The molecule has 136 valence electrons. The van der Waals surface area contributed by atoms with Gasteiger partial charge in [0.1, 0.15) is 17.7 Å². The third-order valence-corrected chi connectivity index (χ3v) is 7.37. The van der Waals surface area contributed by atoms with Crippen LogP contribution in [0.5, 0.6) is 0 Å². The average Bonchev–Trinajstić information content (AvgIpc) is 3.30. The van der Waals surface area contributed by atoms with Crippen LogP contribution < -0.4 is 0 Å². The normalized spacial score (nSPS) is 24.8. The molecule has 1 aromatic heterocycles. The van der Waals surface area contributed by atoms with Crippen molar-refractivity contribution >= 4 is 35.0 Å². The number of benzene rings is 1. The van der Waals surface area contributed by atoms with Gasteiger partial charge in [0.15, 0.2) is 0 Å². The maximum atomic E-state index is 12.5. The molecule has 26 heavy (non-hydrogen) atoms. The summed E-state index contributed by atoms with van der Waals surface area (Å²) in [5, 5.41) is 2.83. The van der Waals surface area contributed by atoms with Gasteiger partial charge in [-0.25, -0.2) is 9.78 Å². The van der Waals surface area contributed by atoms with E-state index in [-0.39, 0.29) is 23.4 Å². The van der Waals surface area contributed by atoms with Gasteiger partial charge in [0, 0.05) is 23.1 Å². The highest BCUT2D eigenvalue weighted by atomic mass is 32.2. The Morgan fingerprint density at radius 1 is 1.38 bits per heavy atom. The molecular weight excluding hydrogens is 368 g/mol. The molecule has 0 bridgehead atoms. The third-order valence-electron chi connectivity index (χ3n) is 4.93. The monoisotopic (exact) mass is 388 g/mol. The summed E-state index contributed by atoms with van der Waals surface area (Å²) in [5.41, 5.74) is 3.00. The molecule has 0 N–H and O–H groups in total. The fraction of sp³-hybridized carbons (Fsp3) is 0.421. The van der Waals surface area contributed by atoms with E-state index in [1.165, 1.54) is 16.9 Å². The Labute approximate surface area is 160 Å². The van der Waals surface area contributed by atoms with Gasteiger partial charge in [-0.3, -0.25) is 4.79 Å². The standard InChI is InChI=1S/C19H20N2O3S2/c1-12-3-5-13(6-4-12)17-20-14(10-25-17)9-24-18(23)15-11-26-19(2)8-7-16(22)21(15)19/h3-6,10,15H,7-9,11H2,1-2H3/t15-,19-/m1/s1. The molecule has 2 saturated heterocycles. The molecule has 0 aliphatic carbocycles. The van der Waals surface area contributed by atoms with Crippen LogP contribution >= 0.6 is 23.1 Å². The predicted molar refractivity (Wildman–Crippen MR) is 103 cm³/mol. The summed E-state index contributed by atoms with van der Waals surface area (Å²) < 4.78 is 5.48.